The minimum absolute atomic E-state index is 0.130. The van der Waals surface area contributed by atoms with Crippen LogP contribution in [0, 0.1) is 4.91 Å². The van der Waals surface area contributed by atoms with Gasteiger partial charge in [0, 0.05) is 17.7 Å². The van der Waals surface area contributed by atoms with Gasteiger partial charge in [-0.25, -0.2) is 0 Å². The van der Waals surface area contributed by atoms with Crippen LogP contribution in [0.4, 0.5) is 0 Å². The molecule has 0 radical (unpaired) electrons. The molecule has 0 N–H and O–H groups in total. The molecule has 5 heteroatoms. The molecule has 0 aliphatic carbocycles. The van der Waals surface area contributed by atoms with Crippen molar-refractivity contribution in [1.82, 2.24) is 0 Å². The van der Waals surface area contributed by atoms with Crippen LogP contribution >= 0.6 is 11.6 Å². The Hall–Kier alpha value is -2.07. The zero-order valence-corrected chi connectivity index (χ0v) is 16.2. The van der Waals surface area contributed by atoms with Crippen molar-refractivity contribution in [3.8, 4) is 11.5 Å². The van der Waals surface area contributed by atoms with Gasteiger partial charge in [-0.15, -0.1) is 11.6 Å². The van der Waals surface area contributed by atoms with Gasteiger partial charge in [-0.2, -0.15) is 4.91 Å². The Bertz CT molecular complexity index is 669. The molecule has 140 valence electrons. The summed E-state index contributed by atoms with van der Waals surface area (Å²) in [6, 6.07) is 16.3. The van der Waals surface area contributed by atoms with Gasteiger partial charge in [0.2, 0.25) is 0 Å². The molecule has 2 aromatic carbocycles. The second kappa shape index (κ2) is 10.2. The van der Waals surface area contributed by atoms with E-state index in [1.165, 1.54) is 11.1 Å². The minimum Gasteiger partial charge on any atom is -0.494 e. The molecule has 0 amide bonds. The van der Waals surface area contributed by atoms with E-state index >= 15 is 0 Å². The van der Waals surface area contributed by atoms with Crippen molar-refractivity contribution in [3.05, 3.63) is 64.6 Å². The standard InChI is InChI=1S/C21H26ClNO3/c1-21(2,17-5-9-19(10-6-17)25-15-3-13-22)18-7-11-20(12-8-18)26-16-4-14-23-24/h5-12H,3-4,13-16H2,1-2H3. The Kier molecular flexibility index (Phi) is 7.92. The van der Waals surface area contributed by atoms with Gasteiger partial charge in [-0.3, -0.25) is 0 Å². The molecule has 26 heavy (non-hydrogen) atoms. The average molecular weight is 376 g/mol. The summed E-state index contributed by atoms with van der Waals surface area (Å²) in [6.45, 7) is 5.82. The molecular weight excluding hydrogens is 350 g/mol. The topological polar surface area (TPSA) is 47.9 Å². The molecule has 0 aromatic heterocycles. The number of nitrogens with zero attached hydrogens (tertiary/aromatic N) is 1. The highest BCUT2D eigenvalue weighted by Gasteiger charge is 2.23. The van der Waals surface area contributed by atoms with Crippen molar-refractivity contribution in [1.29, 1.82) is 0 Å². The number of hydrogen-bond donors (Lipinski definition) is 0. The monoisotopic (exact) mass is 375 g/mol. The second-order valence-corrected chi connectivity index (χ2v) is 7.00. The lowest BCUT2D eigenvalue weighted by molar-refractivity contribution is 0.313. The van der Waals surface area contributed by atoms with Crippen molar-refractivity contribution in [3.63, 3.8) is 0 Å². The van der Waals surface area contributed by atoms with Gasteiger partial charge in [0.05, 0.1) is 19.8 Å². The van der Waals surface area contributed by atoms with Crippen LogP contribution in [-0.4, -0.2) is 25.6 Å². The number of nitroso groups, excluding NO2 is 1. The van der Waals surface area contributed by atoms with Crippen LogP contribution in [-0.2, 0) is 5.41 Å². The maximum Gasteiger partial charge on any atom is 0.119 e. The highest BCUT2D eigenvalue weighted by Crippen LogP contribution is 2.33. The van der Waals surface area contributed by atoms with Crippen molar-refractivity contribution in [2.45, 2.75) is 32.1 Å². The molecular formula is C21H26ClNO3. The van der Waals surface area contributed by atoms with Gasteiger partial charge in [0.15, 0.2) is 0 Å². The maximum absolute atomic E-state index is 10.1. The van der Waals surface area contributed by atoms with E-state index in [9.17, 15) is 4.91 Å². The number of rotatable bonds is 11. The molecule has 2 rings (SSSR count). The van der Waals surface area contributed by atoms with E-state index in [-0.39, 0.29) is 12.0 Å². The summed E-state index contributed by atoms with van der Waals surface area (Å²) in [5.41, 5.74) is 2.29. The first-order valence-electron chi connectivity index (χ1n) is 8.89. The van der Waals surface area contributed by atoms with Gasteiger partial charge < -0.3 is 9.47 Å². The zero-order chi connectivity index (χ0) is 18.8. The van der Waals surface area contributed by atoms with Gasteiger partial charge in [0.25, 0.3) is 0 Å². The Morgan fingerprint density at radius 3 is 1.73 bits per heavy atom. The second-order valence-electron chi connectivity index (χ2n) is 6.62. The fourth-order valence-corrected chi connectivity index (χ4v) is 2.78. The van der Waals surface area contributed by atoms with E-state index in [0.717, 1.165) is 17.9 Å². The fraction of sp³-hybridized carbons (Fsp3) is 0.429. The number of halogens is 1. The summed E-state index contributed by atoms with van der Waals surface area (Å²) in [5.74, 6) is 2.28. The molecule has 0 spiro atoms. The molecule has 0 aliphatic rings. The summed E-state index contributed by atoms with van der Waals surface area (Å²) in [7, 11) is 0. The number of hydrogen-bond acceptors (Lipinski definition) is 4. The van der Waals surface area contributed by atoms with Crippen molar-refractivity contribution in [2.24, 2.45) is 5.18 Å². The molecule has 0 aliphatic heterocycles. The summed E-state index contributed by atoms with van der Waals surface area (Å²) < 4.78 is 11.3. The van der Waals surface area contributed by atoms with Crippen LogP contribution < -0.4 is 9.47 Å². The third-order valence-corrected chi connectivity index (χ3v) is 4.63. The van der Waals surface area contributed by atoms with E-state index in [1.807, 2.05) is 24.3 Å². The lowest BCUT2D eigenvalue weighted by atomic mass is 9.78. The van der Waals surface area contributed by atoms with Crippen molar-refractivity contribution >= 4 is 11.6 Å². The first-order valence-corrected chi connectivity index (χ1v) is 9.43. The molecule has 0 fully saturated rings. The first-order chi connectivity index (χ1) is 12.6. The van der Waals surface area contributed by atoms with Crippen molar-refractivity contribution in [2.75, 3.05) is 25.6 Å². The highest BCUT2D eigenvalue weighted by molar-refractivity contribution is 6.17. The zero-order valence-electron chi connectivity index (χ0n) is 15.4. The van der Waals surface area contributed by atoms with E-state index in [1.54, 1.807) is 0 Å². The number of ether oxygens (including phenoxy) is 2. The molecule has 4 nitrogen and oxygen atoms in total. The van der Waals surface area contributed by atoms with Gasteiger partial charge in [-0.1, -0.05) is 43.3 Å². The van der Waals surface area contributed by atoms with Crippen LogP contribution in [0.3, 0.4) is 0 Å². The van der Waals surface area contributed by atoms with E-state index in [4.69, 9.17) is 21.1 Å². The molecule has 0 atom stereocenters. The minimum atomic E-state index is -0.130. The van der Waals surface area contributed by atoms with E-state index in [2.05, 4.69) is 43.3 Å². The predicted molar refractivity (Wildman–Crippen MR) is 107 cm³/mol. The number of alkyl halides is 1. The van der Waals surface area contributed by atoms with Crippen LogP contribution in [0.1, 0.15) is 37.8 Å². The quantitative estimate of drug-likeness (QED) is 0.293. The highest BCUT2D eigenvalue weighted by atomic mass is 35.5. The van der Waals surface area contributed by atoms with Crippen LogP contribution in [0.2, 0.25) is 0 Å². The Labute approximate surface area is 160 Å². The van der Waals surface area contributed by atoms with Crippen molar-refractivity contribution < 1.29 is 9.47 Å². The Morgan fingerprint density at radius 2 is 1.31 bits per heavy atom. The predicted octanol–water partition coefficient (Wildman–Crippen LogP) is 5.56. The fourth-order valence-electron chi connectivity index (χ4n) is 2.67. The molecule has 0 saturated carbocycles. The van der Waals surface area contributed by atoms with Gasteiger partial charge in [0.1, 0.15) is 11.5 Å². The molecule has 2 aromatic rings. The third kappa shape index (κ3) is 5.73. The Morgan fingerprint density at radius 1 is 0.846 bits per heavy atom. The summed E-state index contributed by atoms with van der Waals surface area (Å²) in [5, 5.41) is 2.83. The normalized spacial score (nSPS) is 11.2. The van der Waals surface area contributed by atoms with Crippen LogP contribution in [0.5, 0.6) is 11.5 Å². The molecule has 0 bridgehead atoms. The average Bonchev–Trinajstić information content (AvgIpc) is 2.66. The Balaban J connectivity index is 2.00. The smallest absolute Gasteiger partial charge is 0.119 e. The van der Waals surface area contributed by atoms with E-state index in [0.29, 0.717) is 25.5 Å². The lowest BCUT2D eigenvalue weighted by Crippen LogP contribution is -2.18. The summed E-state index contributed by atoms with van der Waals surface area (Å²) in [6.07, 6.45) is 1.48. The SMILES string of the molecule is CC(C)(c1ccc(OCCCCl)cc1)c1ccc(OCCCN=O)cc1. The summed E-state index contributed by atoms with van der Waals surface area (Å²) in [4.78, 5) is 10.1. The van der Waals surface area contributed by atoms with Crippen LogP contribution in [0.15, 0.2) is 53.7 Å². The largest absolute Gasteiger partial charge is 0.494 e. The van der Waals surface area contributed by atoms with Gasteiger partial charge in [-0.05, 0) is 41.8 Å². The lowest BCUT2D eigenvalue weighted by Gasteiger charge is -2.26. The molecule has 0 unspecified atom stereocenters. The van der Waals surface area contributed by atoms with Crippen LogP contribution in [0.25, 0.3) is 0 Å². The number of benzene rings is 2. The van der Waals surface area contributed by atoms with E-state index < -0.39 is 0 Å². The first kappa shape index (κ1) is 20.2. The molecule has 0 heterocycles. The maximum atomic E-state index is 10.1. The van der Waals surface area contributed by atoms with Gasteiger partial charge >= 0.3 is 0 Å². The summed E-state index contributed by atoms with van der Waals surface area (Å²) >= 11 is 5.67. The third-order valence-electron chi connectivity index (χ3n) is 4.36. The molecule has 0 saturated heterocycles.